The van der Waals surface area contributed by atoms with Crippen molar-refractivity contribution < 1.29 is 0 Å². The molecule has 0 amide bonds. The van der Waals surface area contributed by atoms with Crippen LogP contribution in [0.25, 0.3) is 0 Å². The highest BCUT2D eigenvalue weighted by atomic mass is 15.2. The molecule has 3 heterocycles. The first kappa shape index (κ1) is 14.3. The fourth-order valence-electron chi connectivity index (χ4n) is 3.83. The molecule has 1 N–H and O–H groups in total. The van der Waals surface area contributed by atoms with E-state index >= 15 is 0 Å². The van der Waals surface area contributed by atoms with Gasteiger partial charge in [-0.3, -0.25) is 0 Å². The van der Waals surface area contributed by atoms with Crippen LogP contribution in [0, 0.1) is 18.3 Å². The molecular formula is C17H24N4. The minimum absolute atomic E-state index is 0.519. The van der Waals surface area contributed by atoms with Crippen LogP contribution in [0.1, 0.15) is 50.3 Å². The van der Waals surface area contributed by atoms with Gasteiger partial charge in [-0.25, -0.2) is 4.98 Å². The summed E-state index contributed by atoms with van der Waals surface area (Å²) in [5.41, 5.74) is 1.70. The number of nitriles is 1. The Balaban J connectivity index is 1.91. The second-order valence-electron chi connectivity index (χ2n) is 6.39. The maximum atomic E-state index is 9.41. The molecule has 2 bridgehead atoms. The van der Waals surface area contributed by atoms with Crippen molar-refractivity contribution in [2.24, 2.45) is 0 Å². The highest BCUT2D eigenvalue weighted by Gasteiger charge is 2.36. The van der Waals surface area contributed by atoms with Gasteiger partial charge in [0.05, 0.1) is 5.56 Å². The minimum Gasteiger partial charge on any atom is -0.352 e. The number of nitrogens with one attached hydrogen (secondary N) is 1. The molecule has 0 saturated carbocycles. The van der Waals surface area contributed by atoms with Crippen molar-refractivity contribution in [2.75, 3.05) is 11.4 Å². The first-order valence-corrected chi connectivity index (χ1v) is 8.11. The second-order valence-corrected chi connectivity index (χ2v) is 6.39. The number of pyridine rings is 1. The van der Waals surface area contributed by atoms with Crippen LogP contribution >= 0.6 is 0 Å². The van der Waals surface area contributed by atoms with Gasteiger partial charge < -0.3 is 10.2 Å². The monoisotopic (exact) mass is 284 g/mol. The van der Waals surface area contributed by atoms with Crippen LogP contribution in [0.2, 0.25) is 0 Å². The van der Waals surface area contributed by atoms with Gasteiger partial charge in [-0.1, -0.05) is 6.92 Å². The van der Waals surface area contributed by atoms with Gasteiger partial charge in [0.2, 0.25) is 0 Å². The number of rotatable bonds is 4. The molecule has 0 aromatic carbocycles. The summed E-state index contributed by atoms with van der Waals surface area (Å²) in [6.45, 7) is 5.18. The second kappa shape index (κ2) is 6.03. The summed E-state index contributed by atoms with van der Waals surface area (Å²) in [5, 5.41) is 13.1. The Hall–Kier alpha value is -1.60. The van der Waals surface area contributed by atoms with Crippen LogP contribution in [0.3, 0.4) is 0 Å². The topological polar surface area (TPSA) is 52.0 Å². The Kier molecular flexibility index (Phi) is 4.12. The van der Waals surface area contributed by atoms with Crippen molar-refractivity contribution in [1.29, 1.82) is 5.26 Å². The number of aromatic nitrogens is 1. The standard InChI is InChI=1S/C17H24N4/c1-3-8-21(16-9-14-6-7-15(10-16)20-14)17-13(11-18)5-4-12(2)19-17/h4-5,14-16,20H,3,6-10H2,1-2H3. The van der Waals surface area contributed by atoms with E-state index < -0.39 is 0 Å². The molecule has 2 aliphatic rings. The molecule has 0 spiro atoms. The molecule has 4 nitrogen and oxygen atoms in total. The molecule has 1 aromatic rings. The van der Waals surface area contributed by atoms with Crippen LogP contribution < -0.4 is 10.2 Å². The number of aryl methyl sites for hydroxylation is 1. The Labute approximate surface area is 127 Å². The van der Waals surface area contributed by atoms with E-state index in [1.54, 1.807) is 0 Å². The molecule has 0 radical (unpaired) electrons. The molecule has 2 aliphatic heterocycles. The van der Waals surface area contributed by atoms with Gasteiger partial charge in [-0.15, -0.1) is 0 Å². The Morgan fingerprint density at radius 2 is 2.05 bits per heavy atom. The van der Waals surface area contributed by atoms with Gasteiger partial charge in [0.15, 0.2) is 0 Å². The quantitative estimate of drug-likeness (QED) is 0.923. The smallest absolute Gasteiger partial charge is 0.147 e. The van der Waals surface area contributed by atoms with E-state index in [9.17, 15) is 5.26 Å². The van der Waals surface area contributed by atoms with Gasteiger partial charge >= 0.3 is 0 Å². The summed E-state index contributed by atoms with van der Waals surface area (Å²) < 4.78 is 0. The zero-order valence-corrected chi connectivity index (χ0v) is 13.0. The van der Waals surface area contributed by atoms with Crippen molar-refractivity contribution in [1.82, 2.24) is 10.3 Å². The highest BCUT2D eigenvalue weighted by molar-refractivity contribution is 5.55. The summed E-state index contributed by atoms with van der Waals surface area (Å²) in [6, 6.07) is 7.99. The van der Waals surface area contributed by atoms with Crippen molar-refractivity contribution in [2.45, 2.75) is 64.1 Å². The molecule has 1 aromatic heterocycles. The number of hydrogen-bond donors (Lipinski definition) is 1. The lowest BCUT2D eigenvalue weighted by Gasteiger charge is -2.39. The third-order valence-electron chi connectivity index (χ3n) is 4.76. The van der Waals surface area contributed by atoms with Crippen LogP contribution in [0.4, 0.5) is 5.82 Å². The molecular weight excluding hydrogens is 260 g/mol. The van der Waals surface area contributed by atoms with Gasteiger partial charge in [0, 0.05) is 30.4 Å². The fraction of sp³-hybridized carbons (Fsp3) is 0.647. The minimum atomic E-state index is 0.519. The highest BCUT2D eigenvalue weighted by Crippen LogP contribution is 2.32. The van der Waals surface area contributed by atoms with E-state index in [-0.39, 0.29) is 0 Å². The maximum Gasteiger partial charge on any atom is 0.147 e. The van der Waals surface area contributed by atoms with E-state index in [0.29, 0.717) is 23.7 Å². The Morgan fingerprint density at radius 1 is 1.33 bits per heavy atom. The first-order chi connectivity index (χ1) is 10.2. The van der Waals surface area contributed by atoms with Crippen molar-refractivity contribution in [3.63, 3.8) is 0 Å². The predicted molar refractivity (Wildman–Crippen MR) is 84.3 cm³/mol. The molecule has 4 heteroatoms. The van der Waals surface area contributed by atoms with Gasteiger partial charge in [0.25, 0.3) is 0 Å². The van der Waals surface area contributed by atoms with Crippen LogP contribution in [0.15, 0.2) is 12.1 Å². The van der Waals surface area contributed by atoms with Gasteiger partial charge in [-0.2, -0.15) is 5.26 Å². The zero-order valence-electron chi connectivity index (χ0n) is 13.0. The summed E-state index contributed by atoms with van der Waals surface area (Å²) in [5.74, 6) is 0.894. The predicted octanol–water partition coefficient (Wildman–Crippen LogP) is 2.76. The normalized spacial score (nSPS) is 27.4. The van der Waals surface area contributed by atoms with E-state index in [2.05, 4.69) is 23.2 Å². The van der Waals surface area contributed by atoms with E-state index in [0.717, 1.165) is 24.5 Å². The summed E-state index contributed by atoms with van der Waals surface area (Å²) in [7, 11) is 0. The molecule has 2 atom stereocenters. The van der Waals surface area contributed by atoms with E-state index in [1.807, 2.05) is 19.1 Å². The molecule has 3 rings (SSSR count). The van der Waals surface area contributed by atoms with Crippen LogP contribution in [-0.2, 0) is 0 Å². The number of nitrogens with zero attached hydrogens (tertiary/aromatic N) is 3. The first-order valence-electron chi connectivity index (χ1n) is 8.11. The molecule has 112 valence electrons. The van der Waals surface area contributed by atoms with Crippen LogP contribution in [-0.4, -0.2) is 29.7 Å². The lowest BCUT2D eigenvalue weighted by molar-refractivity contribution is 0.345. The van der Waals surface area contributed by atoms with Crippen molar-refractivity contribution in [3.05, 3.63) is 23.4 Å². The number of hydrogen-bond acceptors (Lipinski definition) is 4. The van der Waals surface area contributed by atoms with Crippen molar-refractivity contribution in [3.8, 4) is 6.07 Å². The molecule has 2 unspecified atom stereocenters. The Morgan fingerprint density at radius 3 is 2.67 bits per heavy atom. The lowest BCUT2D eigenvalue weighted by Crippen LogP contribution is -2.49. The lowest BCUT2D eigenvalue weighted by atomic mass is 9.97. The fourth-order valence-corrected chi connectivity index (χ4v) is 3.83. The molecule has 2 saturated heterocycles. The van der Waals surface area contributed by atoms with Crippen LogP contribution in [0.5, 0.6) is 0 Å². The van der Waals surface area contributed by atoms with Crippen molar-refractivity contribution >= 4 is 5.82 Å². The molecule has 0 aliphatic carbocycles. The maximum absolute atomic E-state index is 9.41. The largest absolute Gasteiger partial charge is 0.352 e. The molecule has 2 fully saturated rings. The summed E-state index contributed by atoms with van der Waals surface area (Å²) in [6.07, 6.45) is 6.04. The Bertz CT molecular complexity index is 536. The van der Waals surface area contributed by atoms with E-state index in [1.165, 1.54) is 25.7 Å². The average Bonchev–Trinajstić information content (AvgIpc) is 2.83. The third-order valence-corrected chi connectivity index (χ3v) is 4.76. The number of anilines is 1. The average molecular weight is 284 g/mol. The molecule has 21 heavy (non-hydrogen) atoms. The summed E-state index contributed by atoms with van der Waals surface area (Å²) >= 11 is 0. The van der Waals surface area contributed by atoms with Gasteiger partial charge in [-0.05, 0) is 51.2 Å². The summed E-state index contributed by atoms with van der Waals surface area (Å²) in [4.78, 5) is 7.09. The third kappa shape index (κ3) is 2.89. The SMILES string of the molecule is CCCN(c1nc(C)ccc1C#N)C1CC2CCC(C1)N2. The van der Waals surface area contributed by atoms with E-state index in [4.69, 9.17) is 4.98 Å². The number of piperidine rings is 1. The van der Waals surface area contributed by atoms with Gasteiger partial charge in [0.1, 0.15) is 11.9 Å². The number of fused-ring (bicyclic) bond motifs is 2. The zero-order chi connectivity index (χ0) is 14.8.